The molecule has 122 valence electrons. The number of hydrazine groups is 1. The molecule has 2 aliphatic rings. The van der Waals surface area contributed by atoms with Gasteiger partial charge < -0.3 is 5.73 Å². The number of fused-ring (bicyclic) bond motifs is 1. The summed E-state index contributed by atoms with van der Waals surface area (Å²) < 4.78 is 0. The summed E-state index contributed by atoms with van der Waals surface area (Å²) in [6.45, 7) is 8.15. The van der Waals surface area contributed by atoms with E-state index in [1.165, 1.54) is 23.3 Å². The number of rotatable bonds is 3. The Morgan fingerprint density at radius 3 is 2.74 bits per heavy atom. The van der Waals surface area contributed by atoms with Crippen LogP contribution < -0.4 is 16.2 Å². The fourth-order valence-electron chi connectivity index (χ4n) is 3.25. The highest BCUT2D eigenvalue weighted by Crippen LogP contribution is 2.35. The van der Waals surface area contributed by atoms with Crippen molar-refractivity contribution in [1.29, 1.82) is 0 Å². The summed E-state index contributed by atoms with van der Waals surface area (Å²) in [5.41, 5.74) is 10.3. The average molecular weight is 330 g/mol. The molecular formula is C16H22N6S. The summed E-state index contributed by atoms with van der Waals surface area (Å²) in [7, 11) is 0. The van der Waals surface area contributed by atoms with Crippen molar-refractivity contribution in [3.05, 3.63) is 28.2 Å². The van der Waals surface area contributed by atoms with Crippen LogP contribution in [0.25, 0.3) is 10.2 Å². The number of nitrogens with zero attached hydrogens (tertiary/aromatic N) is 4. The van der Waals surface area contributed by atoms with E-state index in [1.54, 1.807) is 11.3 Å². The number of nitrogens with two attached hydrogens (primary N) is 1. The van der Waals surface area contributed by atoms with Crippen molar-refractivity contribution in [3.8, 4) is 0 Å². The van der Waals surface area contributed by atoms with Crippen molar-refractivity contribution in [2.45, 2.75) is 33.2 Å². The lowest BCUT2D eigenvalue weighted by atomic mass is 10.2. The second kappa shape index (κ2) is 5.65. The summed E-state index contributed by atoms with van der Waals surface area (Å²) in [5, 5.41) is 3.17. The maximum atomic E-state index is 5.88. The van der Waals surface area contributed by atoms with Crippen LogP contribution in [0.3, 0.4) is 0 Å². The molecule has 0 radical (unpaired) electrons. The van der Waals surface area contributed by atoms with Crippen LogP contribution in [0.1, 0.15) is 29.1 Å². The van der Waals surface area contributed by atoms with Gasteiger partial charge in [0.15, 0.2) is 5.82 Å². The van der Waals surface area contributed by atoms with Crippen molar-refractivity contribution in [2.24, 2.45) is 5.73 Å². The predicted molar refractivity (Wildman–Crippen MR) is 94.2 cm³/mol. The van der Waals surface area contributed by atoms with E-state index < -0.39 is 0 Å². The van der Waals surface area contributed by atoms with Crippen molar-refractivity contribution < 1.29 is 0 Å². The van der Waals surface area contributed by atoms with Crippen LogP contribution in [0.4, 0.5) is 5.82 Å². The Balaban J connectivity index is 1.77. The van der Waals surface area contributed by atoms with Crippen molar-refractivity contribution in [2.75, 3.05) is 24.6 Å². The molecule has 1 saturated heterocycles. The Morgan fingerprint density at radius 1 is 1.26 bits per heavy atom. The van der Waals surface area contributed by atoms with Gasteiger partial charge in [-0.05, 0) is 51.4 Å². The molecule has 7 heteroatoms. The molecule has 23 heavy (non-hydrogen) atoms. The van der Waals surface area contributed by atoms with Gasteiger partial charge in [0.25, 0.3) is 0 Å². The molecule has 4 rings (SSSR count). The number of hydrogen-bond acceptors (Lipinski definition) is 7. The van der Waals surface area contributed by atoms with Gasteiger partial charge >= 0.3 is 0 Å². The largest absolute Gasteiger partial charge is 0.384 e. The lowest BCUT2D eigenvalue weighted by Crippen LogP contribution is -2.35. The molecular weight excluding hydrogens is 308 g/mol. The number of anilines is 1. The van der Waals surface area contributed by atoms with Gasteiger partial charge in [0, 0.05) is 4.88 Å². The Morgan fingerprint density at radius 2 is 2.04 bits per heavy atom. The number of likely N-dealkylation sites (tertiary alicyclic amines) is 1. The fraction of sp³-hybridized carbons (Fsp3) is 0.500. The quantitative estimate of drug-likeness (QED) is 0.897. The van der Waals surface area contributed by atoms with Crippen LogP contribution in [0.5, 0.6) is 0 Å². The fourth-order valence-corrected chi connectivity index (χ4v) is 4.30. The topological polar surface area (TPSA) is 70.3 Å². The first-order chi connectivity index (χ1) is 11.1. The average Bonchev–Trinajstić information content (AvgIpc) is 3.22. The molecule has 6 nitrogen and oxygen atoms in total. The third-order valence-electron chi connectivity index (χ3n) is 4.63. The molecule has 2 aromatic rings. The normalized spacial score (nSPS) is 18.7. The minimum atomic E-state index is 0.683. The van der Waals surface area contributed by atoms with E-state index in [4.69, 9.17) is 15.7 Å². The first-order valence-electron chi connectivity index (χ1n) is 8.10. The molecule has 0 unspecified atom stereocenters. The van der Waals surface area contributed by atoms with E-state index in [2.05, 4.69) is 24.2 Å². The molecule has 0 aromatic carbocycles. The first-order valence-corrected chi connectivity index (χ1v) is 8.92. The van der Waals surface area contributed by atoms with E-state index in [0.29, 0.717) is 5.82 Å². The van der Waals surface area contributed by atoms with Crippen LogP contribution in [0, 0.1) is 13.8 Å². The van der Waals surface area contributed by atoms with Crippen LogP contribution >= 0.6 is 11.3 Å². The van der Waals surface area contributed by atoms with E-state index >= 15 is 0 Å². The van der Waals surface area contributed by atoms with E-state index in [-0.39, 0.29) is 0 Å². The molecule has 2 aliphatic heterocycles. The molecule has 0 amide bonds. The third-order valence-corrected chi connectivity index (χ3v) is 5.73. The molecule has 4 heterocycles. The van der Waals surface area contributed by atoms with Gasteiger partial charge in [0.2, 0.25) is 0 Å². The van der Waals surface area contributed by atoms with Gasteiger partial charge in [0.05, 0.1) is 18.5 Å². The third kappa shape index (κ3) is 2.64. The zero-order valence-electron chi connectivity index (χ0n) is 13.6. The van der Waals surface area contributed by atoms with Crippen molar-refractivity contribution in [3.63, 3.8) is 0 Å². The first kappa shape index (κ1) is 14.7. The maximum absolute atomic E-state index is 5.88. The number of aryl methyl sites for hydroxylation is 2. The molecule has 3 N–H and O–H groups in total. The minimum absolute atomic E-state index is 0.683. The monoisotopic (exact) mass is 330 g/mol. The van der Waals surface area contributed by atoms with Crippen molar-refractivity contribution in [1.82, 2.24) is 20.3 Å². The standard InChI is InChI=1S/C16H22N6S/c1-10-11(2)23-16-14(10)15(22-8-5-12(17)20-22)18-13(19-16)9-21-6-3-4-7-21/h5,20H,3-4,6-9,17H2,1-2H3. The van der Waals surface area contributed by atoms with Crippen LogP contribution in [-0.2, 0) is 6.54 Å². The number of thiophene rings is 1. The second-order valence-corrected chi connectivity index (χ2v) is 7.50. The minimum Gasteiger partial charge on any atom is -0.384 e. The number of aromatic nitrogens is 2. The van der Waals surface area contributed by atoms with Crippen molar-refractivity contribution >= 4 is 27.4 Å². The van der Waals surface area contributed by atoms with Gasteiger partial charge in [-0.2, -0.15) is 0 Å². The molecule has 0 saturated carbocycles. The number of hydrogen-bond donors (Lipinski definition) is 2. The van der Waals surface area contributed by atoms with Crippen LogP contribution in [-0.4, -0.2) is 34.5 Å². The summed E-state index contributed by atoms with van der Waals surface area (Å²) in [5.74, 6) is 2.54. The maximum Gasteiger partial charge on any atom is 0.160 e. The SMILES string of the molecule is Cc1sc2nc(CN3CCCC3)nc(N3CC=C(N)N3)c2c1C. The lowest BCUT2D eigenvalue weighted by molar-refractivity contribution is 0.323. The summed E-state index contributed by atoms with van der Waals surface area (Å²) in [4.78, 5) is 14.5. The molecule has 0 bridgehead atoms. The van der Waals surface area contributed by atoms with Crippen LogP contribution in [0.2, 0.25) is 0 Å². The zero-order valence-corrected chi connectivity index (χ0v) is 14.4. The lowest BCUT2D eigenvalue weighted by Gasteiger charge is -2.21. The van der Waals surface area contributed by atoms with Gasteiger partial charge in [-0.25, -0.2) is 9.97 Å². The van der Waals surface area contributed by atoms with Gasteiger partial charge in [-0.1, -0.05) is 0 Å². The Kier molecular flexibility index (Phi) is 3.61. The van der Waals surface area contributed by atoms with E-state index in [1.807, 2.05) is 11.1 Å². The van der Waals surface area contributed by atoms with E-state index in [9.17, 15) is 0 Å². The summed E-state index contributed by atoms with van der Waals surface area (Å²) in [6.07, 6.45) is 4.53. The van der Waals surface area contributed by atoms with Gasteiger partial charge in [-0.15, -0.1) is 11.3 Å². The van der Waals surface area contributed by atoms with Crippen LogP contribution in [0.15, 0.2) is 11.9 Å². The highest BCUT2D eigenvalue weighted by molar-refractivity contribution is 7.18. The second-order valence-electron chi connectivity index (χ2n) is 6.29. The number of nitrogens with one attached hydrogen (secondary N) is 1. The Bertz CT molecular complexity index is 774. The molecule has 0 spiro atoms. The van der Waals surface area contributed by atoms with E-state index in [0.717, 1.165) is 48.0 Å². The summed E-state index contributed by atoms with van der Waals surface area (Å²) >= 11 is 1.75. The molecule has 0 aliphatic carbocycles. The highest BCUT2D eigenvalue weighted by Gasteiger charge is 2.22. The predicted octanol–water partition coefficient (Wildman–Crippen LogP) is 2.03. The Labute approximate surface area is 140 Å². The molecule has 2 aromatic heterocycles. The van der Waals surface area contributed by atoms with Gasteiger partial charge in [0.1, 0.15) is 16.5 Å². The molecule has 1 fully saturated rings. The smallest absolute Gasteiger partial charge is 0.160 e. The zero-order chi connectivity index (χ0) is 16.0. The van der Waals surface area contributed by atoms with Gasteiger partial charge in [-0.3, -0.25) is 15.3 Å². The highest BCUT2D eigenvalue weighted by atomic mass is 32.1. The summed E-state index contributed by atoms with van der Waals surface area (Å²) in [6, 6.07) is 0. The molecule has 0 atom stereocenters. The Hall–Kier alpha value is -1.86.